The molecule has 0 radical (unpaired) electrons. The number of carbonyl (C=O) groups is 2. The van der Waals surface area contributed by atoms with Gasteiger partial charge in [0, 0.05) is 12.3 Å². The lowest BCUT2D eigenvalue weighted by Gasteiger charge is -2.29. The lowest BCUT2D eigenvalue weighted by molar-refractivity contribution is -0.121. The van der Waals surface area contributed by atoms with Crippen molar-refractivity contribution >= 4 is 12.1 Å². The third kappa shape index (κ3) is 2.65. The summed E-state index contributed by atoms with van der Waals surface area (Å²) >= 11 is 0. The zero-order valence-corrected chi connectivity index (χ0v) is 9.45. The summed E-state index contributed by atoms with van der Waals surface area (Å²) < 4.78 is 0. The van der Waals surface area contributed by atoms with Crippen LogP contribution in [0.1, 0.15) is 33.1 Å². The molecule has 0 aliphatic heterocycles. The number of hydrogen-bond donors (Lipinski definition) is 0. The van der Waals surface area contributed by atoms with Gasteiger partial charge in [0.05, 0.1) is 0 Å². The van der Waals surface area contributed by atoms with E-state index in [0.717, 1.165) is 23.9 Å². The van der Waals surface area contributed by atoms with Crippen molar-refractivity contribution in [2.45, 2.75) is 33.1 Å². The molecule has 0 aromatic carbocycles. The lowest BCUT2D eigenvalue weighted by Crippen LogP contribution is -2.28. The highest BCUT2D eigenvalue weighted by atomic mass is 16.1. The van der Waals surface area contributed by atoms with Crippen LogP contribution in [0, 0.1) is 11.8 Å². The number of rotatable bonds is 4. The monoisotopic (exact) mass is 206 g/mol. The van der Waals surface area contributed by atoms with Crippen molar-refractivity contribution < 1.29 is 9.59 Å². The van der Waals surface area contributed by atoms with Crippen LogP contribution in [0.2, 0.25) is 0 Å². The highest BCUT2D eigenvalue weighted by molar-refractivity contribution is 5.97. The molecule has 2 atom stereocenters. The van der Waals surface area contributed by atoms with Crippen LogP contribution in [-0.4, -0.2) is 12.1 Å². The van der Waals surface area contributed by atoms with Gasteiger partial charge in [0.25, 0.3) is 0 Å². The molecule has 2 unspecified atom stereocenters. The number of carbonyl (C=O) groups excluding carboxylic acids is 2. The van der Waals surface area contributed by atoms with Crippen LogP contribution in [0.5, 0.6) is 0 Å². The zero-order chi connectivity index (χ0) is 11.4. The van der Waals surface area contributed by atoms with E-state index >= 15 is 0 Å². The smallest absolute Gasteiger partial charge is 0.161 e. The van der Waals surface area contributed by atoms with Crippen LogP contribution < -0.4 is 0 Å². The van der Waals surface area contributed by atoms with E-state index in [9.17, 15) is 9.59 Å². The average Bonchev–Trinajstić information content (AvgIpc) is 2.19. The molecule has 2 nitrogen and oxygen atoms in total. The Hall–Kier alpha value is -1.18. The molecule has 2 heteroatoms. The molecule has 0 amide bonds. The molecule has 0 bridgehead atoms. The van der Waals surface area contributed by atoms with Crippen LogP contribution in [-0.2, 0) is 9.59 Å². The Morgan fingerprint density at radius 3 is 2.87 bits per heavy atom. The van der Waals surface area contributed by atoms with Gasteiger partial charge in [-0.05, 0) is 38.2 Å². The maximum Gasteiger partial charge on any atom is 0.161 e. The molecule has 82 valence electrons. The number of Topliss-reactive ketones (excluding diaryl/α,β-unsaturated/α-hetero) is 1. The largest absolute Gasteiger partial charge is 0.303 e. The minimum Gasteiger partial charge on any atom is -0.303 e. The summed E-state index contributed by atoms with van der Waals surface area (Å²) in [7, 11) is 0. The zero-order valence-electron chi connectivity index (χ0n) is 9.45. The van der Waals surface area contributed by atoms with Crippen molar-refractivity contribution in [3.63, 3.8) is 0 Å². The third-order valence-electron chi connectivity index (χ3n) is 3.12. The predicted octanol–water partition coefficient (Wildman–Crippen LogP) is 2.69. The maximum absolute atomic E-state index is 11.9. The van der Waals surface area contributed by atoms with Crippen LogP contribution in [0.4, 0.5) is 0 Å². The highest BCUT2D eigenvalue weighted by Crippen LogP contribution is 2.33. The second kappa shape index (κ2) is 5.06. The molecular formula is C13H18O2. The van der Waals surface area contributed by atoms with Crippen molar-refractivity contribution in [1.29, 1.82) is 0 Å². The normalized spacial score (nSPS) is 26.0. The van der Waals surface area contributed by atoms with Gasteiger partial charge in [-0.3, -0.25) is 4.79 Å². The van der Waals surface area contributed by atoms with Crippen molar-refractivity contribution in [3.8, 4) is 0 Å². The Kier molecular flexibility index (Phi) is 4.01. The van der Waals surface area contributed by atoms with Gasteiger partial charge in [-0.1, -0.05) is 18.2 Å². The standard InChI is InChI=1S/C13H18O2/c1-9(2)11-7-6-10(3)13(15)12(11)5-4-8-14/h6,8,11-12H,1,4-5,7H2,2-3H3. The summed E-state index contributed by atoms with van der Waals surface area (Å²) in [5, 5.41) is 0. The Labute approximate surface area is 91.1 Å². The van der Waals surface area contributed by atoms with Crippen molar-refractivity contribution in [2.75, 3.05) is 0 Å². The van der Waals surface area contributed by atoms with Gasteiger partial charge in [0.1, 0.15) is 6.29 Å². The van der Waals surface area contributed by atoms with E-state index in [2.05, 4.69) is 6.58 Å². The van der Waals surface area contributed by atoms with Gasteiger partial charge in [0.2, 0.25) is 0 Å². The fourth-order valence-electron chi connectivity index (χ4n) is 2.17. The fourth-order valence-corrected chi connectivity index (χ4v) is 2.17. The van der Waals surface area contributed by atoms with Crippen molar-refractivity contribution in [1.82, 2.24) is 0 Å². The first-order valence-electron chi connectivity index (χ1n) is 5.38. The SMILES string of the molecule is C=C(C)C1CC=C(C)C(=O)C1CCC=O. The molecule has 0 spiro atoms. The topological polar surface area (TPSA) is 34.1 Å². The van der Waals surface area contributed by atoms with Gasteiger partial charge in [-0.25, -0.2) is 0 Å². The minimum absolute atomic E-state index is 0.0299. The van der Waals surface area contributed by atoms with E-state index in [0.29, 0.717) is 12.8 Å². The first-order chi connectivity index (χ1) is 7.07. The van der Waals surface area contributed by atoms with Crippen LogP contribution in [0.25, 0.3) is 0 Å². The second-order valence-corrected chi connectivity index (χ2v) is 4.29. The summed E-state index contributed by atoms with van der Waals surface area (Å²) in [5.41, 5.74) is 1.88. The first-order valence-corrected chi connectivity index (χ1v) is 5.38. The Morgan fingerprint density at radius 1 is 1.67 bits per heavy atom. The number of allylic oxidation sites excluding steroid dienone is 3. The van der Waals surface area contributed by atoms with Crippen LogP contribution in [0.15, 0.2) is 23.8 Å². The summed E-state index contributed by atoms with van der Waals surface area (Å²) in [6.07, 6.45) is 4.88. The lowest BCUT2D eigenvalue weighted by atomic mass is 9.74. The van der Waals surface area contributed by atoms with Gasteiger partial charge in [0.15, 0.2) is 5.78 Å². The average molecular weight is 206 g/mol. The van der Waals surface area contributed by atoms with E-state index in [1.807, 2.05) is 19.9 Å². The summed E-state index contributed by atoms with van der Waals surface area (Å²) in [6.45, 7) is 7.74. The molecule has 1 aliphatic rings. The molecular weight excluding hydrogens is 188 g/mol. The van der Waals surface area contributed by atoms with E-state index in [4.69, 9.17) is 0 Å². The van der Waals surface area contributed by atoms with E-state index < -0.39 is 0 Å². The Morgan fingerprint density at radius 2 is 2.33 bits per heavy atom. The highest BCUT2D eigenvalue weighted by Gasteiger charge is 2.31. The molecule has 0 saturated carbocycles. The predicted molar refractivity (Wildman–Crippen MR) is 60.5 cm³/mol. The third-order valence-corrected chi connectivity index (χ3v) is 3.12. The molecule has 0 fully saturated rings. The van der Waals surface area contributed by atoms with Crippen molar-refractivity contribution in [3.05, 3.63) is 23.8 Å². The van der Waals surface area contributed by atoms with Gasteiger partial charge < -0.3 is 4.79 Å². The quantitative estimate of drug-likeness (QED) is 0.523. The molecule has 0 aromatic rings. The molecule has 0 aromatic heterocycles. The van der Waals surface area contributed by atoms with Crippen molar-refractivity contribution in [2.24, 2.45) is 11.8 Å². The molecule has 0 saturated heterocycles. The summed E-state index contributed by atoms with van der Waals surface area (Å²) in [6, 6.07) is 0. The number of aldehydes is 1. The Balaban J connectivity index is 2.84. The minimum atomic E-state index is -0.0299. The molecule has 0 N–H and O–H groups in total. The second-order valence-electron chi connectivity index (χ2n) is 4.29. The van der Waals surface area contributed by atoms with Crippen LogP contribution in [0.3, 0.4) is 0 Å². The Bertz CT molecular complexity index is 312. The van der Waals surface area contributed by atoms with Gasteiger partial charge in [-0.15, -0.1) is 0 Å². The van der Waals surface area contributed by atoms with Gasteiger partial charge >= 0.3 is 0 Å². The fraction of sp³-hybridized carbons (Fsp3) is 0.538. The molecule has 0 heterocycles. The maximum atomic E-state index is 11.9. The molecule has 15 heavy (non-hydrogen) atoms. The van der Waals surface area contributed by atoms with Gasteiger partial charge in [-0.2, -0.15) is 0 Å². The van der Waals surface area contributed by atoms with E-state index in [-0.39, 0.29) is 17.6 Å². The van der Waals surface area contributed by atoms with E-state index in [1.54, 1.807) is 0 Å². The van der Waals surface area contributed by atoms with Crippen LogP contribution >= 0.6 is 0 Å². The molecule has 1 aliphatic carbocycles. The number of ketones is 1. The summed E-state index contributed by atoms with van der Waals surface area (Å²) in [4.78, 5) is 22.3. The number of hydrogen-bond acceptors (Lipinski definition) is 2. The molecule has 1 rings (SSSR count). The van der Waals surface area contributed by atoms with E-state index in [1.165, 1.54) is 0 Å². The first kappa shape index (κ1) is 11.9. The summed E-state index contributed by atoms with van der Waals surface area (Å²) in [5.74, 6) is 0.384.